The Kier molecular flexibility index (Phi) is 7.24. The summed E-state index contributed by atoms with van der Waals surface area (Å²) in [5, 5.41) is 8.46. The molecule has 184 valence electrons. The minimum Gasteiger partial charge on any atom is -0.494 e. The number of sulfonamides is 1. The maximum absolute atomic E-state index is 14.9. The second-order valence-electron chi connectivity index (χ2n) is 8.15. The predicted molar refractivity (Wildman–Crippen MR) is 126 cm³/mol. The number of hydrogen-bond donors (Lipinski definition) is 2. The highest BCUT2D eigenvalue weighted by Crippen LogP contribution is 2.30. The molecule has 0 amide bonds. The number of fused-ring (bicyclic) bond motifs is 1. The molecule has 1 aliphatic rings. The summed E-state index contributed by atoms with van der Waals surface area (Å²) in [5.41, 5.74) is 1.44. The lowest BCUT2D eigenvalue weighted by molar-refractivity contribution is 0.206. The minimum absolute atomic E-state index is 0.0127. The van der Waals surface area contributed by atoms with Crippen LogP contribution in [0.25, 0.3) is 11.1 Å². The van der Waals surface area contributed by atoms with Crippen LogP contribution in [0.4, 0.5) is 10.4 Å². The van der Waals surface area contributed by atoms with Gasteiger partial charge in [-0.15, -0.1) is 0 Å². The van der Waals surface area contributed by atoms with E-state index in [9.17, 15) is 12.8 Å². The number of halogens is 1. The number of nitrogens with one attached hydrogen (secondary N) is 1. The summed E-state index contributed by atoms with van der Waals surface area (Å²) in [6, 6.07) is 8.11. The maximum atomic E-state index is 14.9. The summed E-state index contributed by atoms with van der Waals surface area (Å²) >= 11 is 0. The van der Waals surface area contributed by atoms with E-state index >= 15 is 0 Å². The van der Waals surface area contributed by atoms with Gasteiger partial charge in [-0.2, -0.15) is 4.98 Å². The number of ether oxygens (including phenoxy) is 2. The molecule has 1 aliphatic heterocycles. The van der Waals surface area contributed by atoms with Gasteiger partial charge >= 0.3 is 0 Å². The lowest BCUT2D eigenvalue weighted by atomic mass is 10.0. The van der Waals surface area contributed by atoms with Gasteiger partial charge < -0.3 is 19.2 Å². The monoisotopic (exact) mass is 492 g/mol. The topological polar surface area (TPSA) is 120 Å². The van der Waals surface area contributed by atoms with Crippen molar-refractivity contribution in [1.82, 2.24) is 9.88 Å². The van der Waals surface area contributed by atoms with Crippen LogP contribution in [0.15, 0.2) is 39.6 Å². The summed E-state index contributed by atoms with van der Waals surface area (Å²) < 4.78 is 54.7. The van der Waals surface area contributed by atoms with Gasteiger partial charge in [0.25, 0.3) is 6.01 Å². The summed E-state index contributed by atoms with van der Waals surface area (Å²) in [4.78, 5) is 6.52. The van der Waals surface area contributed by atoms with Gasteiger partial charge in [0.15, 0.2) is 17.1 Å². The number of likely N-dealkylation sites (tertiary alicyclic amines) is 1. The molecule has 0 radical (unpaired) electrons. The Morgan fingerprint density at radius 3 is 2.59 bits per heavy atom. The molecule has 0 unspecified atom stereocenters. The first-order valence-corrected chi connectivity index (χ1v) is 12.8. The van der Waals surface area contributed by atoms with Crippen LogP contribution >= 0.6 is 0 Å². The smallest absolute Gasteiger partial charge is 0.295 e. The maximum Gasteiger partial charge on any atom is 0.295 e. The van der Waals surface area contributed by atoms with Gasteiger partial charge in [-0.25, -0.2) is 17.9 Å². The van der Waals surface area contributed by atoms with Gasteiger partial charge in [-0.05, 0) is 51.0 Å². The van der Waals surface area contributed by atoms with Crippen LogP contribution in [-0.2, 0) is 16.6 Å². The van der Waals surface area contributed by atoms with E-state index in [1.165, 1.54) is 18.2 Å². The molecule has 34 heavy (non-hydrogen) atoms. The molecule has 1 aromatic heterocycles. The largest absolute Gasteiger partial charge is 0.494 e. The molecule has 11 heteroatoms. The van der Waals surface area contributed by atoms with Crippen molar-refractivity contribution in [2.75, 3.05) is 31.6 Å². The van der Waals surface area contributed by atoms with Crippen LogP contribution in [0.5, 0.6) is 11.5 Å². The Balaban J connectivity index is 1.38. The highest BCUT2D eigenvalue weighted by atomic mass is 32.2. The van der Waals surface area contributed by atoms with Crippen molar-refractivity contribution in [3.8, 4) is 11.5 Å². The molecular weight excluding hydrogens is 463 g/mol. The zero-order valence-electron chi connectivity index (χ0n) is 19.2. The predicted octanol–water partition coefficient (Wildman–Crippen LogP) is 3.49. The molecular formula is C23H29FN4O5S. The molecule has 0 saturated carbocycles. The van der Waals surface area contributed by atoms with E-state index in [1.54, 1.807) is 12.1 Å². The number of nitrogens with zero attached hydrogens (tertiary/aromatic N) is 2. The Bertz CT molecular complexity index is 1260. The van der Waals surface area contributed by atoms with E-state index < -0.39 is 10.0 Å². The number of rotatable bonds is 9. The van der Waals surface area contributed by atoms with Crippen molar-refractivity contribution >= 4 is 27.1 Å². The summed E-state index contributed by atoms with van der Waals surface area (Å²) in [5.74, 6) is 0.456. The normalized spacial score (nSPS) is 15.5. The number of hydrogen-bond acceptors (Lipinski definition) is 8. The quantitative estimate of drug-likeness (QED) is 0.466. The highest BCUT2D eigenvalue weighted by Gasteiger charge is 2.23. The fourth-order valence-electron chi connectivity index (χ4n) is 4.05. The van der Waals surface area contributed by atoms with Gasteiger partial charge in [0.2, 0.25) is 10.0 Å². The molecule has 0 bridgehead atoms. The molecule has 2 heterocycles. The van der Waals surface area contributed by atoms with E-state index in [0.717, 1.165) is 25.9 Å². The van der Waals surface area contributed by atoms with Crippen molar-refractivity contribution < 1.29 is 26.7 Å². The molecule has 3 aromatic rings. The van der Waals surface area contributed by atoms with Crippen LogP contribution in [0.3, 0.4) is 0 Å². The molecule has 0 spiro atoms. The number of oxazole rings is 1. The molecule has 0 aliphatic carbocycles. The van der Waals surface area contributed by atoms with Crippen molar-refractivity contribution in [3.05, 3.63) is 41.7 Å². The number of primary sulfonamides is 1. The Morgan fingerprint density at radius 1 is 1.18 bits per heavy atom. The summed E-state index contributed by atoms with van der Waals surface area (Å²) in [6.45, 7) is 6.55. The van der Waals surface area contributed by atoms with E-state index in [2.05, 4.69) is 15.2 Å². The number of nitrogens with two attached hydrogens (primary N) is 1. The van der Waals surface area contributed by atoms with Crippen LogP contribution in [0.2, 0.25) is 0 Å². The van der Waals surface area contributed by atoms with E-state index in [0.29, 0.717) is 48.2 Å². The van der Waals surface area contributed by atoms with Gasteiger partial charge in [0.05, 0.1) is 18.1 Å². The zero-order valence-corrected chi connectivity index (χ0v) is 20.0. The fraction of sp³-hybridized carbons (Fsp3) is 0.435. The van der Waals surface area contributed by atoms with Crippen molar-refractivity contribution in [3.63, 3.8) is 0 Å². The SMILES string of the molecule is CCOc1cc(CN2CCC(Nc3nc4cc(S(N)(=O)=O)ccc4o3)CC2)c(F)c(OCC)c1. The zero-order chi connectivity index (χ0) is 24.3. The van der Waals surface area contributed by atoms with E-state index in [-0.39, 0.29) is 22.5 Å². The first-order valence-electron chi connectivity index (χ1n) is 11.3. The van der Waals surface area contributed by atoms with E-state index in [4.69, 9.17) is 19.0 Å². The molecule has 3 N–H and O–H groups in total. The van der Waals surface area contributed by atoms with Gasteiger partial charge in [-0.1, -0.05) is 0 Å². The second-order valence-corrected chi connectivity index (χ2v) is 9.71. The number of benzene rings is 2. The second kappa shape index (κ2) is 10.2. The van der Waals surface area contributed by atoms with Gasteiger partial charge in [0.1, 0.15) is 11.3 Å². The third kappa shape index (κ3) is 5.60. The molecule has 2 aromatic carbocycles. The lowest BCUT2D eigenvalue weighted by Crippen LogP contribution is -2.38. The van der Waals surface area contributed by atoms with Crippen LogP contribution in [0.1, 0.15) is 32.3 Å². The fourth-order valence-corrected chi connectivity index (χ4v) is 4.58. The lowest BCUT2D eigenvalue weighted by Gasteiger charge is -2.32. The van der Waals surface area contributed by atoms with E-state index in [1.807, 2.05) is 13.8 Å². The average Bonchev–Trinajstić information content (AvgIpc) is 3.19. The van der Waals surface area contributed by atoms with Crippen LogP contribution in [-0.4, -0.2) is 50.6 Å². The van der Waals surface area contributed by atoms with Crippen LogP contribution in [0, 0.1) is 5.82 Å². The number of aromatic nitrogens is 1. The molecule has 0 atom stereocenters. The first-order chi connectivity index (χ1) is 16.3. The van der Waals surface area contributed by atoms with Crippen molar-refractivity contribution in [2.24, 2.45) is 5.14 Å². The van der Waals surface area contributed by atoms with Gasteiger partial charge in [-0.3, -0.25) is 4.90 Å². The average molecular weight is 493 g/mol. The standard InChI is InChI=1S/C23H29FN4O5S/c1-3-31-17-11-15(22(24)21(12-17)32-4-2)14-28-9-7-16(8-10-28)26-23-27-19-13-18(34(25,29)30)5-6-20(19)33-23/h5-6,11-13,16H,3-4,7-10,14H2,1-2H3,(H,26,27)(H2,25,29,30). The third-order valence-corrected chi connectivity index (χ3v) is 6.61. The van der Waals surface area contributed by atoms with Crippen molar-refractivity contribution in [1.29, 1.82) is 0 Å². The third-order valence-electron chi connectivity index (χ3n) is 5.70. The number of anilines is 1. The van der Waals surface area contributed by atoms with Gasteiger partial charge in [0, 0.05) is 37.3 Å². The minimum atomic E-state index is -3.81. The Hall–Kier alpha value is -2.89. The molecule has 1 saturated heterocycles. The number of piperidine rings is 1. The Labute approximate surface area is 198 Å². The summed E-state index contributed by atoms with van der Waals surface area (Å²) in [6.07, 6.45) is 1.62. The molecule has 4 rings (SSSR count). The van der Waals surface area contributed by atoms with Crippen LogP contribution < -0.4 is 19.9 Å². The molecule has 1 fully saturated rings. The van der Waals surface area contributed by atoms with Crippen molar-refractivity contribution in [2.45, 2.75) is 44.2 Å². The highest BCUT2D eigenvalue weighted by molar-refractivity contribution is 7.89. The summed E-state index contributed by atoms with van der Waals surface area (Å²) in [7, 11) is -3.81. The first kappa shape index (κ1) is 24.2. The molecule has 9 nitrogen and oxygen atoms in total. The Morgan fingerprint density at radius 2 is 1.91 bits per heavy atom.